The van der Waals surface area contributed by atoms with Crippen LogP contribution in [-0.4, -0.2) is 44.0 Å². The van der Waals surface area contributed by atoms with E-state index in [9.17, 15) is 9.59 Å². The molecule has 178 valence electrons. The molecule has 0 bridgehead atoms. The topological polar surface area (TPSA) is 73.5 Å². The van der Waals surface area contributed by atoms with Gasteiger partial charge in [0.25, 0.3) is 0 Å². The highest BCUT2D eigenvalue weighted by Gasteiger charge is 2.33. The first-order valence-corrected chi connectivity index (χ1v) is 12.5. The van der Waals surface area contributed by atoms with Crippen molar-refractivity contribution in [1.29, 1.82) is 0 Å². The summed E-state index contributed by atoms with van der Waals surface area (Å²) in [6.07, 6.45) is 6.53. The van der Waals surface area contributed by atoms with E-state index in [4.69, 9.17) is 0 Å². The Kier molecular flexibility index (Phi) is 6.68. The minimum atomic E-state index is -0.492. The summed E-state index contributed by atoms with van der Waals surface area (Å²) in [6, 6.07) is 14.4. The molecule has 2 aliphatic heterocycles. The Labute approximate surface area is 201 Å². The molecule has 0 radical (unpaired) electrons. The van der Waals surface area contributed by atoms with E-state index in [-0.39, 0.29) is 24.3 Å². The van der Waals surface area contributed by atoms with Gasteiger partial charge in [0, 0.05) is 25.3 Å². The van der Waals surface area contributed by atoms with Crippen LogP contribution in [0.25, 0.3) is 5.57 Å². The largest absolute Gasteiger partial charge is 0.357 e. The number of carbonyl (C=O) groups excluding carboxylic acids is 2. The van der Waals surface area contributed by atoms with Crippen molar-refractivity contribution >= 4 is 23.1 Å². The van der Waals surface area contributed by atoms with Crippen LogP contribution in [0, 0.1) is 6.92 Å². The van der Waals surface area contributed by atoms with Gasteiger partial charge in [0.05, 0.1) is 12.5 Å². The van der Waals surface area contributed by atoms with Crippen LogP contribution in [0.15, 0.2) is 48.5 Å². The van der Waals surface area contributed by atoms with Gasteiger partial charge in [-0.15, -0.1) is 0 Å². The van der Waals surface area contributed by atoms with Crippen LogP contribution in [0.1, 0.15) is 54.0 Å². The average molecular weight is 459 g/mol. The molecule has 34 heavy (non-hydrogen) atoms. The van der Waals surface area contributed by atoms with Gasteiger partial charge in [-0.25, -0.2) is 0 Å². The Hall–Kier alpha value is -3.12. The Balaban J connectivity index is 1.29. The molecular weight excluding hydrogens is 424 g/mol. The number of rotatable bonds is 5. The van der Waals surface area contributed by atoms with E-state index in [1.165, 1.54) is 27.8 Å². The van der Waals surface area contributed by atoms with Gasteiger partial charge < -0.3 is 20.9 Å². The van der Waals surface area contributed by atoms with Crippen molar-refractivity contribution in [2.45, 2.75) is 51.1 Å². The lowest BCUT2D eigenvalue weighted by atomic mass is 9.85. The third-order valence-electron chi connectivity index (χ3n) is 7.30. The summed E-state index contributed by atoms with van der Waals surface area (Å²) in [5.74, 6) is -0.145. The van der Waals surface area contributed by atoms with E-state index in [2.05, 4.69) is 45.1 Å². The van der Waals surface area contributed by atoms with Gasteiger partial charge in [-0.3, -0.25) is 9.59 Å². The van der Waals surface area contributed by atoms with Crippen molar-refractivity contribution in [3.63, 3.8) is 0 Å². The SMILES string of the molecule is Cc1ccc(N2CCNC(=O)[C@H]2CC(=O)N[C@@H]2CCCc3cc(C4=CCNCC4)ccc32)cc1. The Morgan fingerprint density at radius 1 is 1.12 bits per heavy atom. The number of anilines is 1. The summed E-state index contributed by atoms with van der Waals surface area (Å²) >= 11 is 0. The number of nitrogens with zero attached hydrogens (tertiary/aromatic N) is 1. The first-order valence-electron chi connectivity index (χ1n) is 12.5. The summed E-state index contributed by atoms with van der Waals surface area (Å²) in [5.41, 5.74) is 7.44. The van der Waals surface area contributed by atoms with Gasteiger partial charge in [0.1, 0.15) is 6.04 Å². The van der Waals surface area contributed by atoms with Crippen LogP contribution < -0.4 is 20.9 Å². The van der Waals surface area contributed by atoms with Crippen molar-refractivity contribution in [3.05, 3.63) is 70.8 Å². The van der Waals surface area contributed by atoms with Crippen LogP contribution in [0.2, 0.25) is 0 Å². The second-order valence-corrected chi connectivity index (χ2v) is 9.65. The summed E-state index contributed by atoms with van der Waals surface area (Å²) in [4.78, 5) is 27.9. The Bertz CT molecular complexity index is 1090. The molecule has 3 N–H and O–H groups in total. The van der Waals surface area contributed by atoms with Crippen molar-refractivity contribution in [1.82, 2.24) is 16.0 Å². The molecule has 2 aromatic rings. The molecule has 1 fully saturated rings. The van der Waals surface area contributed by atoms with Gasteiger partial charge in [-0.2, -0.15) is 0 Å². The molecule has 2 amide bonds. The van der Waals surface area contributed by atoms with Crippen molar-refractivity contribution in [2.24, 2.45) is 0 Å². The van der Waals surface area contributed by atoms with Gasteiger partial charge in [0.2, 0.25) is 11.8 Å². The van der Waals surface area contributed by atoms with Crippen molar-refractivity contribution in [3.8, 4) is 0 Å². The fourth-order valence-electron chi connectivity index (χ4n) is 5.44. The molecule has 1 saturated heterocycles. The number of benzene rings is 2. The zero-order chi connectivity index (χ0) is 23.5. The van der Waals surface area contributed by atoms with Crippen LogP contribution in [0.4, 0.5) is 5.69 Å². The average Bonchev–Trinajstić information content (AvgIpc) is 2.86. The molecule has 2 aromatic carbocycles. The fraction of sp³-hybridized carbons (Fsp3) is 0.429. The molecule has 0 aromatic heterocycles. The van der Waals surface area contributed by atoms with Crippen LogP contribution in [0.3, 0.4) is 0 Å². The van der Waals surface area contributed by atoms with E-state index in [1.807, 2.05) is 31.2 Å². The molecule has 6 heteroatoms. The highest BCUT2D eigenvalue weighted by molar-refractivity contribution is 5.92. The molecule has 2 heterocycles. The quantitative estimate of drug-likeness (QED) is 0.643. The molecule has 0 unspecified atom stereocenters. The molecule has 0 spiro atoms. The number of fused-ring (bicyclic) bond motifs is 1. The zero-order valence-corrected chi connectivity index (χ0v) is 19.9. The number of hydrogen-bond donors (Lipinski definition) is 3. The van der Waals surface area contributed by atoms with Crippen LogP contribution in [0.5, 0.6) is 0 Å². The van der Waals surface area contributed by atoms with Gasteiger partial charge >= 0.3 is 0 Å². The second kappa shape index (κ2) is 10.0. The second-order valence-electron chi connectivity index (χ2n) is 9.65. The van der Waals surface area contributed by atoms with Gasteiger partial charge in [-0.1, -0.05) is 42.0 Å². The minimum Gasteiger partial charge on any atom is -0.357 e. The minimum absolute atomic E-state index is 0.00628. The van der Waals surface area contributed by atoms with E-state index < -0.39 is 6.04 Å². The zero-order valence-electron chi connectivity index (χ0n) is 19.9. The van der Waals surface area contributed by atoms with Crippen molar-refractivity contribution in [2.75, 3.05) is 31.1 Å². The van der Waals surface area contributed by atoms with E-state index in [0.29, 0.717) is 13.1 Å². The molecule has 1 aliphatic carbocycles. The molecule has 5 rings (SSSR count). The summed E-state index contributed by atoms with van der Waals surface area (Å²) < 4.78 is 0. The van der Waals surface area contributed by atoms with Crippen LogP contribution >= 0.6 is 0 Å². The van der Waals surface area contributed by atoms with Crippen molar-refractivity contribution < 1.29 is 9.59 Å². The number of aryl methyl sites for hydroxylation is 2. The van der Waals surface area contributed by atoms with Gasteiger partial charge in [-0.05, 0) is 73.5 Å². The molecule has 0 saturated carbocycles. The fourth-order valence-corrected chi connectivity index (χ4v) is 5.44. The van der Waals surface area contributed by atoms with Gasteiger partial charge in [0.15, 0.2) is 0 Å². The highest BCUT2D eigenvalue weighted by atomic mass is 16.2. The number of amides is 2. The molecule has 6 nitrogen and oxygen atoms in total. The van der Waals surface area contributed by atoms with E-state index in [0.717, 1.165) is 44.5 Å². The third-order valence-corrected chi connectivity index (χ3v) is 7.30. The molecular formula is C28H34N4O2. The highest BCUT2D eigenvalue weighted by Crippen LogP contribution is 2.33. The Morgan fingerprint density at radius 2 is 1.97 bits per heavy atom. The monoisotopic (exact) mass is 458 g/mol. The lowest BCUT2D eigenvalue weighted by Gasteiger charge is -2.37. The predicted octanol–water partition coefficient (Wildman–Crippen LogP) is 3.26. The summed E-state index contributed by atoms with van der Waals surface area (Å²) in [6.45, 7) is 5.30. The first kappa shape index (κ1) is 22.7. The third kappa shape index (κ3) is 4.87. The first-order chi connectivity index (χ1) is 16.6. The number of hydrogen-bond acceptors (Lipinski definition) is 4. The predicted molar refractivity (Wildman–Crippen MR) is 136 cm³/mol. The normalized spacial score (nSPS) is 22.4. The number of carbonyl (C=O) groups is 2. The van der Waals surface area contributed by atoms with E-state index in [1.54, 1.807) is 0 Å². The number of nitrogens with one attached hydrogen (secondary N) is 3. The lowest BCUT2D eigenvalue weighted by molar-refractivity contribution is -0.128. The maximum absolute atomic E-state index is 13.1. The smallest absolute Gasteiger partial charge is 0.243 e. The van der Waals surface area contributed by atoms with E-state index >= 15 is 0 Å². The standard InChI is InChI=1S/C28H34N4O2/c1-19-5-8-23(9-6-19)32-16-15-30-28(34)26(32)18-27(33)31-25-4-2-3-22-17-21(7-10-24(22)25)20-11-13-29-14-12-20/h5-11,17,25-26,29H,2-4,12-16,18H2,1H3,(H,30,34)(H,31,33)/t25-,26-/m1/s1. The summed E-state index contributed by atoms with van der Waals surface area (Å²) in [5, 5.41) is 9.56. The lowest BCUT2D eigenvalue weighted by Crippen LogP contribution is -2.57. The summed E-state index contributed by atoms with van der Waals surface area (Å²) in [7, 11) is 0. The maximum Gasteiger partial charge on any atom is 0.243 e. The molecule has 3 aliphatic rings. The van der Waals surface area contributed by atoms with Crippen LogP contribution in [-0.2, 0) is 16.0 Å². The number of piperazine rings is 1. The Morgan fingerprint density at radius 3 is 2.76 bits per heavy atom. The molecule has 2 atom stereocenters. The maximum atomic E-state index is 13.1.